The lowest BCUT2D eigenvalue weighted by Gasteiger charge is -2.12. The van der Waals surface area contributed by atoms with Gasteiger partial charge in [0.2, 0.25) is 0 Å². The molecule has 3 rings (SSSR count). The minimum absolute atomic E-state index is 0.180. The zero-order chi connectivity index (χ0) is 23.1. The standard InChI is InChI=1S/C27H30N2O4/c30-26(29-23-14-6-5-7-15-23)24-16-8-9-17-25(24)32-19-10-3-1-2-4-11-20-33-27(31)22-13-12-18-28-21-22/h5-9,12-18,21H,1-4,10-11,19-20H2,(H,29,30). The lowest BCUT2D eigenvalue weighted by atomic mass is 10.1. The summed E-state index contributed by atoms with van der Waals surface area (Å²) in [6.07, 6.45) is 9.16. The van der Waals surface area contributed by atoms with Gasteiger partial charge in [-0.3, -0.25) is 9.78 Å². The molecule has 0 atom stereocenters. The highest BCUT2D eigenvalue weighted by Crippen LogP contribution is 2.20. The number of nitrogens with zero attached hydrogens (tertiary/aromatic N) is 1. The smallest absolute Gasteiger partial charge is 0.339 e. The molecule has 0 aliphatic rings. The third kappa shape index (κ3) is 8.41. The van der Waals surface area contributed by atoms with Crippen molar-refractivity contribution in [1.29, 1.82) is 0 Å². The van der Waals surface area contributed by atoms with Crippen molar-refractivity contribution in [2.45, 2.75) is 38.5 Å². The van der Waals surface area contributed by atoms with Crippen LogP contribution in [0.5, 0.6) is 5.75 Å². The van der Waals surface area contributed by atoms with Gasteiger partial charge in [0, 0.05) is 18.1 Å². The molecule has 3 aromatic rings. The Labute approximate surface area is 195 Å². The van der Waals surface area contributed by atoms with Crippen molar-refractivity contribution in [3.05, 3.63) is 90.3 Å². The zero-order valence-electron chi connectivity index (χ0n) is 18.7. The SMILES string of the molecule is O=C(OCCCCCCCCOc1ccccc1C(=O)Nc1ccccc1)c1cccnc1. The Morgan fingerprint density at radius 1 is 0.758 bits per heavy atom. The average Bonchev–Trinajstić information content (AvgIpc) is 2.86. The second kappa shape index (κ2) is 13.7. The molecule has 0 radical (unpaired) electrons. The van der Waals surface area contributed by atoms with Gasteiger partial charge in [0.1, 0.15) is 5.75 Å². The molecule has 0 aliphatic carbocycles. The van der Waals surface area contributed by atoms with E-state index in [1.807, 2.05) is 48.5 Å². The molecule has 33 heavy (non-hydrogen) atoms. The largest absolute Gasteiger partial charge is 0.493 e. The summed E-state index contributed by atoms with van der Waals surface area (Å²) in [6.45, 7) is 0.997. The van der Waals surface area contributed by atoms with E-state index in [1.54, 1.807) is 24.4 Å². The third-order valence-corrected chi connectivity index (χ3v) is 5.09. The van der Waals surface area contributed by atoms with Gasteiger partial charge in [-0.05, 0) is 49.2 Å². The number of carbonyl (C=O) groups is 2. The van der Waals surface area contributed by atoms with Gasteiger partial charge in [-0.2, -0.15) is 0 Å². The topological polar surface area (TPSA) is 77.5 Å². The number of carbonyl (C=O) groups excluding carboxylic acids is 2. The molecule has 0 unspecified atom stereocenters. The number of pyridine rings is 1. The number of nitrogens with one attached hydrogen (secondary N) is 1. The number of hydrogen-bond acceptors (Lipinski definition) is 5. The van der Waals surface area contributed by atoms with E-state index >= 15 is 0 Å². The summed E-state index contributed by atoms with van der Waals surface area (Å²) in [5.74, 6) is 0.0976. The average molecular weight is 447 g/mol. The second-order valence-electron chi connectivity index (χ2n) is 7.66. The summed E-state index contributed by atoms with van der Waals surface area (Å²) in [5, 5.41) is 2.90. The van der Waals surface area contributed by atoms with E-state index in [-0.39, 0.29) is 11.9 Å². The summed E-state index contributed by atoms with van der Waals surface area (Å²) in [6, 6.07) is 20.1. The fourth-order valence-corrected chi connectivity index (χ4v) is 3.33. The minimum atomic E-state index is -0.321. The molecule has 1 N–H and O–H groups in total. The van der Waals surface area contributed by atoms with Gasteiger partial charge in [-0.15, -0.1) is 0 Å². The van der Waals surface area contributed by atoms with Crippen LogP contribution in [-0.4, -0.2) is 30.1 Å². The van der Waals surface area contributed by atoms with Gasteiger partial charge in [-0.1, -0.05) is 56.0 Å². The van der Waals surface area contributed by atoms with Gasteiger partial charge < -0.3 is 14.8 Å². The van der Waals surface area contributed by atoms with Crippen LogP contribution in [0, 0.1) is 0 Å². The number of benzene rings is 2. The first-order valence-corrected chi connectivity index (χ1v) is 11.4. The van der Waals surface area contributed by atoms with E-state index in [9.17, 15) is 9.59 Å². The van der Waals surface area contributed by atoms with Crippen LogP contribution in [0.25, 0.3) is 0 Å². The van der Waals surface area contributed by atoms with Crippen molar-refractivity contribution >= 4 is 17.6 Å². The predicted molar refractivity (Wildman–Crippen MR) is 129 cm³/mol. The molecule has 1 amide bonds. The molecule has 172 valence electrons. The van der Waals surface area contributed by atoms with Crippen LogP contribution in [0.2, 0.25) is 0 Å². The van der Waals surface area contributed by atoms with Crippen LogP contribution < -0.4 is 10.1 Å². The fourth-order valence-electron chi connectivity index (χ4n) is 3.33. The first-order valence-electron chi connectivity index (χ1n) is 11.4. The molecule has 0 bridgehead atoms. The number of anilines is 1. The van der Waals surface area contributed by atoms with E-state index in [1.165, 1.54) is 6.20 Å². The maximum atomic E-state index is 12.6. The fraction of sp³-hybridized carbons (Fsp3) is 0.296. The number of para-hydroxylation sites is 2. The van der Waals surface area contributed by atoms with Gasteiger partial charge in [0.15, 0.2) is 0 Å². The number of rotatable bonds is 13. The number of amides is 1. The molecular weight excluding hydrogens is 416 g/mol. The lowest BCUT2D eigenvalue weighted by molar-refractivity contribution is 0.0497. The predicted octanol–water partition coefficient (Wildman–Crippen LogP) is 5.91. The Hall–Kier alpha value is -3.67. The molecule has 6 nitrogen and oxygen atoms in total. The molecule has 0 aliphatic heterocycles. The molecular formula is C27H30N2O4. The Morgan fingerprint density at radius 3 is 2.21 bits per heavy atom. The van der Waals surface area contributed by atoms with E-state index in [0.29, 0.717) is 30.1 Å². The van der Waals surface area contributed by atoms with Gasteiger partial charge in [0.05, 0.1) is 24.3 Å². The van der Waals surface area contributed by atoms with Gasteiger partial charge in [-0.25, -0.2) is 4.79 Å². The summed E-state index contributed by atoms with van der Waals surface area (Å²) >= 11 is 0. The molecule has 0 saturated heterocycles. The van der Waals surface area contributed by atoms with Crippen LogP contribution in [0.1, 0.15) is 59.2 Å². The van der Waals surface area contributed by atoms with Crippen LogP contribution in [0.4, 0.5) is 5.69 Å². The van der Waals surface area contributed by atoms with E-state index in [2.05, 4.69) is 10.3 Å². The maximum Gasteiger partial charge on any atom is 0.339 e. The number of unbranched alkanes of at least 4 members (excludes halogenated alkanes) is 5. The lowest BCUT2D eigenvalue weighted by Crippen LogP contribution is -2.13. The van der Waals surface area contributed by atoms with Gasteiger partial charge in [0.25, 0.3) is 5.91 Å². The zero-order valence-corrected chi connectivity index (χ0v) is 18.7. The van der Waals surface area contributed by atoms with Crippen molar-refractivity contribution in [1.82, 2.24) is 4.98 Å². The number of ether oxygens (including phenoxy) is 2. The Kier molecular flexibility index (Phi) is 9.94. The molecule has 0 saturated carbocycles. The molecule has 6 heteroatoms. The Balaban J connectivity index is 1.26. The van der Waals surface area contributed by atoms with Gasteiger partial charge >= 0.3 is 5.97 Å². The van der Waals surface area contributed by atoms with Crippen molar-refractivity contribution in [2.75, 3.05) is 18.5 Å². The van der Waals surface area contributed by atoms with E-state index in [0.717, 1.165) is 44.2 Å². The Bertz CT molecular complexity index is 993. The summed E-state index contributed by atoms with van der Waals surface area (Å²) < 4.78 is 11.1. The van der Waals surface area contributed by atoms with E-state index < -0.39 is 0 Å². The van der Waals surface area contributed by atoms with Crippen LogP contribution in [0.3, 0.4) is 0 Å². The van der Waals surface area contributed by atoms with Crippen LogP contribution >= 0.6 is 0 Å². The quantitative estimate of drug-likeness (QED) is 0.261. The molecule has 1 heterocycles. The monoisotopic (exact) mass is 446 g/mol. The van der Waals surface area contributed by atoms with Crippen LogP contribution in [0.15, 0.2) is 79.1 Å². The van der Waals surface area contributed by atoms with Crippen molar-refractivity contribution in [3.63, 3.8) is 0 Å². The van der Waals surface area contributed by atoms with E-state index in [4.69, 9.17) is 9.47 Å². The van der Waals surface area contributed by atoms with Crippen molar-refractivity contribution in [2.24, 2.45) is 0 Å². The normalized spacial score (nSPS) is 10.4. The molecule has 0 fully saturated rings. The highest BCUT2D eigenvalue weighted by atomic mass is 16.5. The number of hydrogen-bond donors (Lipinski definition) is 1. The molecule has 2 aromatic carbocycles. The Morgan fingerprint density at radius 2 is 1.45 bits per heavy atom. The first-order chi connectivity index (χ1) is 16.2. The highest BCUT2D eigenvalue weighted by molar-refractivity contribution is 6.06. The molecule has 1 aromatic heterocycles. The first kappa shape index (κ1) is 24.0. The number of aromatic nitrogens is 1. The third-order valence-electron chi connectivity index (χ3n) is 5.09. The van der Waals surface area contributed by atoms with Crippen LogP contribution in [-0.2, 0) is 4.74 Å². The highest BCUT2D eigenvalue weighted by Gasteiger charge is 2.12. The minimum Gasteiger partial charge on any atom is -0.493 e. The maximum absolute atomic E-state index is 12.6. The summed E-state index contributed by atoms with van der Waals surface area (Å²) in [5.41, 5.74) is 1.77. The summed E-state index contributed by atoms with van der Waals surface area (Å²) in [4.78, 5) is 28.3. The molecule has 0 spiro atoms. The van der Waals surface area contributed by atoms with Crippen molar-refractivity contribution in [3.8, 4) is 5.75 Å². The second-order valence-corrected chi connectivity index (χ2v) is 7.66. The summed E-state index contributed by atoms with van der Waals surface area (Å²) in [7, 11) is 0. The number of esters is 1. The van der Waals surface area contributed by atoms with Crippen molar-refractivity contribution < 1.29 is 19.1 Å².